The van der Waals surface area contributed by atoms with Crippen molar-refractivity contribution in [3.8, 4) is 0 Å². The van der Waals surface area contributed by atoms with Crippen molar-refractivity contribution in [2.75, 3.05) is 13.2 Å². The first-order valence-corrected chi connectivity index (χ1v) is 10.2. The van der Waals surface area contributed by atoms with Crippen LogP contribution in [0.25, 0.3) is 0 Å². The summed E-state index contributed by atoms with van der Waals surface area (Å²) in [5, 5.41) is 34.3. The van der Waals surface area contributed by atoms with Crippen molar-refractivity contribution >= 4 is 23.7 Å². The molecule has 11 nitrogen and oxygen atoms in total. The molecule has 0 saturated heterocycles. The van der Waals surface area contributed by atoms with E-state index < -0.39 is 61.1 Å². The maximum atomic E-state index is 12.7. The molecule has 0 aromatic heterocycles. The van der Waals surface area contributed by atoms with Gasteiger partial charge in [-0.1, -0.05) is 44.2 Å². The molecule has 1 aromatic carbocycles. The van der Waals surface area contributed by atoms with Crippen LogP contribution >= 0.6 is 0 Å². The number of benzene rings is 1. The molecule has 4 unspecified atom stereocenters. The zero-order valence-corrected chi connectivity index (χ0v) is 18.2. The summed E-state index contributed by atoms with van der Waals surface area (Å²) in [6.45, 7) is 2.00. The first kappa shape index (κ1) is 27.0. The number of carboxylic acids is 1. The molecule has 1 rings (SSSR count). The fourth-order valence-corrected chi connectivity index (χ4v) is 2.87. The third kappa shape index (κ3) is 9.00. The number of aliphatic hydroxyl groups is 2. The topological polar surface area (TPSA) is 191 Å². The zero-order valence-electron chi connectivity index (χ0n) is 18.2. The van der Waals surface area contributed by atoms with E-state index in [1.54, 1.807) is 0 Å². The van der Waals surface area contributed by atoms with Crippen molar-refractivity contribution < 1.29 is 34.5 Å². The molecule has 178 valence electrons. The summed E-state index contributed by atoms with van der Waals surface area (Å²) >= 11 is 0. The van der Waals surface area contributed by atoms with Gasteiger partial charge in [0.2, 0.25) is 17.7 Å². The van der Waals surface area contributed by atoms with Crippen LogP contribution in [0.15, 0.2) is 30.3 Å². The molecular weight excluding hydrogens is 420 g/mol. The van der Waals surface area contributed by atoms with E-state index in [0.717, 1.165) is 5.56 Å². The lowest BCUT2D eigenvalue weighted by Crippen LogP contribution is -2.58. The number of nitrogens with one attached hydrogen (secondary N) is 3. The SMILES string of the molecule is CC(C)CC(NC(=O)C(N)Cc1ccccc1)C(=O)NC(CO)C(=O)NC(CO)C(=O)O. The minimum absolute atomic E-state index is 0.00332. The Morgan fingerprint density at radius 3 is 1.84 bits per heavy atom. The Kier molecular flexibility index (Phi) is 11.3. The Balaban J connectivity index is 2.81. The van der Waals surface area contributed by atoms with Gasteiger partial charge in [-0.15, -0.1) is 0 Å². The molecule has 0 saturated carbocycles. The van der Waals surface area contributed by atoms with Crippen LogP contribution < -0.4 is 21.7 Å². The molecule has 0 bridgehead atoms. The highest BCUT2D eigenvalue weighted by atomic mass is 16.4. The quantitative estimate of drug-likeness (QED) is 0.181. The number of amides is 3. The van der Waals surface area contributed by atoms with Gasteiger partial charge in [0.05, 0.1) is 19.3 Å². The molecule has 32 heavy (non-hydrogen) atoms. The number of rotatable bonds is 13. The van der Waals surface area contributed by atoms with Crippen molar-refractivity contribution in [1.29, 1.82) is 0 Å². The van der Waals surface area contributed by atoms with Gasteiger partial charge in [-0.25, -0.2) is 4.79 Å². The van der Waals surface area contributed by atoms with E-state index in [0.29, 0.717) is 0 Å². The Bertz CT molecular complexity index is 773. The van der Waals surface area contributed by atoms with Crippen LogP contribution in [0.1, 0.15) is 25.8 Å². The molecule has 8 N–H and O–H groups in total. The molecule has 0 spiro atoms. The van der Waals surface area contributed by atoms with Gasteiger partial charge in [0.15, 0.2) is 0 Å². The lowest BCUT2D eigenvalue weighted by Gasteiger charge is -2.25. The monoisotopic (exact) mass is 452 g/mol. The smallest absolute Gasteiger partial charge is 0.328 e. The molecule has 4 atom stereocenters. The van der Waals surface area contributed by atoms with E-state index in [2.05, 4.69) is 10.6 Å². The summed E-state index contributed by atoms with van der Waals surface area (Å²) < 4.78 is 0. The number of carboxylic acid groups (broad SMARTS) is 1. The molecular formula is C21H32N4O7. The first-order chi connectivity index (χ1) is 15.1. The third-order valence-corrected chi connectivity index (χ3v) is 4.59. The summed E-state index contributed by atoms with van der Waals surface area (Å²) in [6, 6.07) is 4.14. The molecule has 0 heterocycles. The van der Waals surface area contributed by atoms with Gasteiger partial charge in [0.25, 0.3) is 0 Å². The fourth-order valence-electron chi connectivity index (χ4n) is 2.87. The predicted molar refractivity (Wildman–Crippen MR) is 115 cm³/mol. The summed E-state index contributed by atoms with van der Waals surface area (Å²) in [5.74, 6) is -3.74. The average molecular weight is 453 g/mol. The highest BCUT2D eigenvalue weighted by Crippen LogP contribution is 2.07. The van der Waals surface area contributed by atoms with Gasteiger partial charge < -0.3 is 37.0 Å². The van der Waals surface area contributed by atoms with Crippen molar-refractivity contribution in [2.45, 2.75) is 50.9 Å². The molecule has 11 heteroatoms. The van der Waals surface area contributed by atoms with Crippen LogP contribution in [-0.4, -0.2) is 76.4 Å². The number of nitrogens with two attached hydrogens (primary N) is 1. The first-order valence-electron chi connectivity index (χ1n) is 10.2. The Hall–Kier alpha value is -3.02. The highest BCUT2D eigenvalue weighted by molar-refractivity contribution is 5.94. The lowest BCUT2D eigenvalue weighted by molar-refractivity contribution is -0.143. The molecule has 0 aliphatic heterocycles. The minimum atomic E-state index is -1.59. The van der Waals surface area contributed by atoms with Crippen molar-refractivity contribution in [3.05, 3.63) is 35.9 Å². The summed E-state index contributed by atoms with van der Waals surface area (Å²) in [6.07, 6.45) is 0.506. The molecule has 0 aliphatic carbocycles. The van der Waals surface area contributed by atoms with Crippen LogP contribution in [0, 0.1) is 5.92 Å². The van der Waals surface area contributed by atoms with Crippen LogP contribution in [0.3, 0.4) is 0 Å². The second-order valence-corrected chi connectivity index (χ2v) is 7.81. The lowest BCUT2D eigenvalue weighted by atomic mass is 10.0. The van der Waals surface area contributed by atoms with E-state index in [-0.39, 0.29) is 18.8 Å². The summed E-state index contributed by atoms with van der Waals surface area (Å²) in [5.41, 5.74) is 6.83. The van der Waals surface area contributed by atoms with Crippen molar-refractivity contribution in [2.24, 2.45) is 11.7 Å². The number of carbonyl (C=O) groups excluding carboxylic acids is 3. The van der Waals surface area contributed by atoms with E-state index >= 15 is 0 Å². The van der Waals surface area contributed by atoms with Gasteiger partial charge in [-0.3, -0.25) is 14.4 Å². The number of hydrogen-bond acceptors (Lipinski definition) is 7. The van der Waals surface area contributed by atoms with Crippen molar-refractivity contribution in [3.63, 3.8) is 0 Å². The molecule has 1 aromatic rings. The second-order valence-electron chi connectivity index (χ2n) is 7.81. The predicted octanol–water partition coefficient (Wildman–Crippen LogP) is -1.87. The summed E-state index contributed by atoms with van der Waals surface area (Å²) in [4.78, 5) is 48.4. The average Bonchev–Trinajstić information content (AvgIpc) is 2.74. The normalized spacial score (nSPS) is 14.7. The number of carbonyl (C=O) groups is 4. The van der Waals surface area contributed by atoms with Gasteiger partial charge in [0, 0.05) is 0 Å². The van der Waals surface area contributed by atoms with E-state index in [1.807, 2.05) is 49.5 Å². The van der Waals surface area contributed by atoms with Crippen molar-refractivity contribution in [1.82, 2.24) is 16.0 Å². The molecule has 0 fully saturated rings. The maximum Gasteiger partial charge on any atom is 0.328 e. The van der Waals surface area contributed by atoms with Gasteiger partial charge in [0.1, 0.15) is 18.1 Å². The van der Waals surface area contributed by atoms with Crippen LogP contribution in [0.5, 0.6) is 0 Å². The minimum Gasteiger partial charge on any atom is -0.480 e. The fraction of sp³-hybridized carbons (Fsp3) is 0.524. The van der Waals surface area contributed by atoms with Gasteiger partial charge in [-0.2, -0.15) is 0 Å². The molecule has 3 amide bonds. The van der Waals surface area contributed by atoms with Crippen LogP contribution in [0.2, 0.25) is 0 Å². The second kappa shape index (κ2) is 13.4. The highest BCUT2D eigenvalue weighted by Gasteiger charge is 2.30. The molecule has 0 aliphatic rings. The Morgan fingerprint density at radius 1 is 0.844 bits per heavy atom. The number of aliphatic carboxylic acids is 1. The largest absolute Gasteiger partial charge is 0.480 e. The van der Waals surface area contributed by atoms with E-state index in [4.69, 9.17) is 15.9 Å². The zero-order chi connectivity index (χ0) is 24.3. The maximum absolute atomic E-state index is 12.7. The number of hydrogen-bond donors (Lipinski definition) is 7. The van der Waals surface area contributed by atoms with Gasteiger partial charge >= 0.3 is 5.97 Å². The summed E-state index contributed by atoms with van der Waals surface area (Å²) in [7, 11) is 0. The molecule has 0 radical (unpaired) electrons. The third-order valence-electron chi connectivity index (χ3n) is 4.59. The standard InChI is InChI=1S/C21H32N4O7/c1-12(2)8-15(23-18(28)14(22)9-13-6-4-3-5-7-13)19(29)24-16(10-26)20(30)25-17(11-27)21(31)32/h3-7,12,14-17,26-27H,8-11,22H2,1-2H3,(H,23,28)(H,24,29)(H,25,30)(H,31,32). The van der Waals surface area contributed by atoms with E-state index in [9.17, 15) is 24.3 Å². The Labute approximate surface area is 186 Å². The number of aliphatic hydroxyl groups excluding tert-OH is 2. The van der Waals surface area contributed by atoms with Crippen LogP contribution in [-0.2, 0) is 25.6 Å². The van der Waals surface area contributed by atoms with E-state index in [1.165, 1.54) is 0 Å². The Morgan fingerprint density at radius 2 is 1.34 bits per heavy atom. The van der Waals surface area contributed by atoms with Crippen LogP contribution in [0.4, 0.5) is 0 Å². The van der Waals surface area contributed by atoms with Gasteiger partial charge in [-0.05, 0) is 24.3 Å².